The molecule has 1 fully saturated rings. The summed E-state index contributed by atoms with van der Waals surface area (Å²) >= 11 is 0.955. The number of ether oxygens (including phenoxy) is 1. The van der Waals surface area contributed by atoms with Crippen LogP contribution in [0.15, 0.2) is 0 Å². The predicted molar refractivity (Wildman–Crippen MR) is 45.6 cm³/mol. The van der Waals surface area contributed by atoms with E-state index in [-0.39, 0.29) is 0 Å². The Balaban J connectivity index is 0.000000261. The molecule has 1 rings (SSSR count). The number of hydrogen-bond acceptors (Lipinski definition) is 5. The molecule has 0 aromatic heterocycles. The molecule has 0 aromatic carbocycles. The van der Waals surface area contributed by atoms with E-state index < -0.39 is 7.32 Å². The van der Waals surface area contributed by atoms with E-state index >= 15 is 0 Å². The first-order valence-electron chi connectivity index (χ1n) is 4.03. The second kappa shape index (κ2) is 9.07. The van der Waals surface area contributed by atoms with Crippen molar-refractivity contribution in [3.63, 3.8) is 0 Å². The molecule has 5 nitrogen and oxygen atoms in total. The van der Waals surface area contributed by atoms with Gasteiger partial charge in [0.05, 0.1) is 0 Å². The Labute approximate surface area is 106 Å². The Morgan fingerprint density at radius 2 is 2.08 bits per heavy atom. The molecular formula is C5H13BKNO4. The van der Waals surface area contributed by atoms with Crippen LogP contribution in [-0.4, -0.2) is 97.1 Å². The standard InChI is InChI=1S/C5H10NO.BH3O3.K/c1-5-4-6-2-3-7-5;2-1(3)4;/h5-6H,1-4H2;2-4H;. The minimum absolute atomic E-state index is 0.559. The summed E-state index contributed by atoms with van der Waals surface area (Å²) in [6.45, 7) is 3.05. The van der Waals surface area contributed by atoms with Crippen LogP contribution in [0.3, 0.4) is 0 Å². The Morgan fingerprint density at radius 3 is 2.33 bits per heavy atom. The van der Waals surface area contributed by atoms with Gasteiger partial charge in [-0.3, -0.25) is 0 Å². The first-order valence-corrected chi connectivity index (χ1v) is 6.24. The summed E-state index contributed by atoms with van der Waals surface area (Å²) in [5, 5.41) is 24.8. The van der Waals surface area contributed by atoms with Crippen LogP contribution in [0.2, 0.25) is 0.515 Å². The average Bonchev–Trinajstić information content (AvgIpc) is 2.05. The Morgan fingerprint density at radius 1 is 1.50 bits per heavy atom. The molecule has 1 atom stereocenters. The van der Waals surface area contributed by atoms with Gasteiger partial charge in [-0.15, -0.1) is 0 Å². The molecule has 66 valence electrons. The molecule has 12 heavy (non-hydrogen) atoms. The Bertz CT molecular complexity index is 98.7. The van der Waals surface area contributed by atoms with Crippen molar-refractivity contribution >= 4 is 56.3 Å². The number of rotatable bonds is 1. The molecule has 0 amide bonds. The second-order valence-electron chi connectivity index (χ2n) is 2.45. The molecular weight excluding hydrogens is 188 g/mol. The van der Waals surface area contributed by atoms with Crippen LogP contribution in [0.25, 0.3) is 0 Å². The minimum atomic E-state index is -2.17. The molecule has 1 unspecified atom stereocenters. The topological polar surface area (TPSA) is 82.0 Å². The first kappa shape index (κ1) is 13.5. The Kier molecular flexibility index (Phi) is 10.2. The van der Waals surface area contributed by atoms with Crippen molar-refractivity contribution in [3.05, 3.63) is 0 Å². The zero-order valence-corrected chi connectivity index (χ0v) is 10.4. The quantitative estimate of drug-likeness (QED) is 0.353. The van der Waals surface area contributed by atoms with E-state index in [4.69, 9.17) is 19.8 Å². The van der Waals surface area contributed by atoms with Crippen LogP contribution in [0, 0.1) is 0 Å². The average molecular weight is 201 g/mol. The van der Waals surface area contributed by atoms with Gasteiger partial charge in [-0.1, -0.05) is 0 Å². The molecule has 1 aliphatic rings. The fraction of sp³-hybridized carbons (Fsp3) is 1.00. The van der Waals surface area contributed by atoms with Crippen LogP contribution in [0.4, 0.5) is 0 Å². The fourth-order valence-corrected chi connectivity index (χ4v) is 1.70. The monoisotopic (exact) mass is 201 g/mol. The normalized spacial score (nSPS) is 22.6. The van der Waals surface area contributed by atoms with Crippen molar-refractivity contribution in [1.29, 1.82) is 0 Å². The SMILES string of the molecule is OB(O)O.[K][CH2]C1CNCCO1. The molecule has 0 aliphatic carbocycles. The van der Waals surface area contributed by atoms with Gasteiger partial charge in [0, 0.05) is 0 Å². The molecule has 0 saturated carbocycles. The van der Waals surface area contributed by atoms with E-state index in [2.05, 4.69) is 5.32 Å². The molecule has 0 radical (unpaired) electrons. The van der Waals surface area contributed by atoms with Gasteiger partial charge in [0.15, 0.2) is 0 Å². The number of hydrogen-bond donors (Lipinski definition) is 4. The third-order valence-corrected chi connectivity index (χ3v) is 2.88. The van der Waals surface area contributed by atoms with Gasteiger partial charge >= 0.3 is 92.6 Å². The van der Waals surface area contributed by atoms with Gasteiger partial charge in [0.25, 0.3) is 0 Å². The summed E-state index contributed by atoms with van der Waals surface area (Å²) in [6.07, 6.45) is 0.559. The molecule has 1 aliphatic heterocycles. The zero-order chi connectivity index (χ0) is 9.40. The summed E-state index contributed by atoms with van der Waals surface area (Å²) in [4.78, 5) is 0. The summed E-state index contributed by atoms with van der Waals surface area (Å²) in [5.41, 5.74) is 0. The van der Waals surface area contributed by atoms with Crippen molar-refractivity contribution in [2.24, 2.45) is 0 Å². The van der Waals surface area contributed by atoms with Crippen molar-refractivity contribution in [2.75, 3.05) is 19.7 Å². The molecule has 0 bridgehead atoms. The first-order chi connectivity index (χ1) is 5.66. The molecule has 0 aromatic rings. The maximum atomic E-state index is 7.17. The number of nitrogens with one attached hydrogen (secondary N) is 1. The van der Waals surface area contributed by atoms with Crippen LogP contribution in [0.1, 0.15) is 0 Å². The van der Waals surface area contributed by atoms with Gasteiger partial charge in [0.1, 0.15) is 0 Å². The molecule has 7 heteroatoms. The van der Waals surface area contributed by atoms with E-state index in [9.17, 15) is 0 Å². The van der Waals surface area contributed by atoms with Gasteiger partial charge < -0.3 is 15.1 Å². The molecule has 1 heterocycles. The van der Waals surface area contributed by atoms with Gasteiger partial charge in [0.2, 0.25) is 0 Å². The Hall–Kier alpha value is 1.50. The van der Waals surface area contributed by atoms with Crippen molar-refractivity contribution in [2.45, 2.75) is 6.62 Å². The summed E-state index contributed by atoms with van der Waals surface area (Å²) < 4.78 is 6.73. The third kappa shape index (κ3) is 9.59. The van der Waals surface area contributed by atoms with E-state index in [1.807, 2.05) is 0 Å². The zero-order valence-electron chi connectivity index (χ0n) is 7.23. The van der Waals surface area contributed by atoms with Crippen LogP contribution in [0.5, 0.6) is 0 Å². The number of morpholine rings is 1. The van der Waals surface area contributed by atoms with E-state index in [1.165, 1.54) is 0.515 Å². The van der Waals surface area contributed by atoms with E-state index in [0.29, 0.717) is 6.10 Å². The van der Waals surface area contributed by atoms with Crippen molar-refractivity contribution in [1.82, 2.24) is 5.32 Å². The second-order valence-corrected chi connectivity index (χ2v) is 3.73. The van der Waals surface area contributed by atoms with Crippen molar-refractivity contribution < 1.29 is 19.8 Å². The molecule has 1 saturated heterocycles. The molecule has 0 spiro atoms. The third-order valence-electron chi connectivity index (χ3n) is 1.46. The van der Waals surface area contributed by atoms with Crippen LogP contribution in [-0.2, 0) is 4.74 Å². The van der Waals surface area contributed by atoms with E-state index in [0.717, 1.165) is 68.7 Å². The van der Waals surface area contributed by atoms with Gasteiger partial charge in [-0.25, -0.2) is 0 Å². The maximum absolute atomic E-state index is 7.17. The van der Waals surface area contributed by atoms with Gasteiger partial charge in [-0.2, -0.15) is 0 Å². The summed E-state index contributed by atoms with van der Waals surface area (Å²) in [5.74, 6) is 0. The summed E-state index contributed by atoms with van der Waals surface area (Å²) in [7, 11) is -2.17. The van der Waals surface area contributed by atoms with Gasteiger partial charge in [-0.05, 0) is 0 Å². The van der Waals surface area contributed by atoms with Crippen LogP contribution < -0.4 is 5.32 Å². The predicted octanol–water partition coefficient (Wildman–Crippen LogP) is -2.49. The van der Waals surface area contributed by atoms with Crippen molar-refractivity contribution in [3.8, 4) is 0 Å². The summed E-state index contributed by atoms with van der Waals surface area (Å²) in [6, 6.07) is 0. The fourth-order valence-electron chi connectivity index (χ4n) is 0.882. The van der Waals surface area contributed by atoms with Crippen LogP contribution >= 0.6 is 0 Å². The van der Waals surface area contributed by atoms with E-state index in [1.54, 1.807) is 0 Å². The molecule has 4 N–H and O–H groups in total.